The first kappa shape index (κ1) is 41.4. The van der Waals surface area contributed by atoms with Gasteiger partial charge in [-0.2, -0.15) is 13.2 Å². The number of aryl methyl sites for hydroxylation is 6. The molecule has 0 atom stereocenters. The Morgan fingerprint density at radius 2 is 0.846 bits per heavy atom. The molecule has 4 nitrogen and oxygen atoms in total. The molecule has 0 aliphatic rings. The second-order valence-corrected chi connectivity index (χ2v) is 17.2. The Balaban J connectivity index is 1.30. The summed E-state index contributed by atoms with van der Waals surface area (Å²) < 4.78 is 45.3. The van der Waals surface area contributed by atoms with Crippen LogP contribution in [-0.4, -0.2) is 19.5 Å². The fourth-order valence-electron chi connectivity index (χ4n) is 9.78. The number of rotatable bonds is 7. The van der Waals surface area contributed by atoms with Crippen LogP contribution in [0, 0.1) is 41.5 Å². The lowest BCUT2D eigenvalue weighted by Crippen LogP contribution is -2.05. The summed E-state index contributed by atoms with van der Waals surface area (Å²) in [5.41, 5.74) is 16.9. The average Bonchev–Trinajstić information content (AvgIpc) is 3.61. The lowest BCUT2D eigenvalue weighted by Gasteiger charge is -2.17. The van der Waals surface area contributed by atoms with E-state index < -0.39 is 11.7 Å². The van der Waals surface area contributed by atoms with Crippen molar-refractivity contribution in [1.29, 1.82) is 0 Å². The van der Waals surface area contributed by atoms with Gasteiger partial charge in [0.1, 0.15) is 0 Å². The van der Waals surface area contributed by atoms with Crippen molar-refractivity contribution < 1.29 is 13.2 Å². The van der Waals surface area contributed by atoms with E-state index in [1.165, 1.54) is 56.6 Å². The van der Waals surface area contributed by atoms with Crippen LogP contribution in [0.2, 0.25) is 0 Å². The number of aromatic nitrogens is 4. The molecule has 0 spiro atoms. The molecule has 0 saturated carbocycles. The molecule has 10 rings (SSSR count). The van der Waals surface area contributed by atoms with Gasteiger partial charge in [0, 0.05) is 33.2 Å². The van der Waals surface area contributed by atoms with Crippen LogP contribution in [-0.2, 0) is 6.18 Å². The normalized spacial score (nSPS) is 11.8. The largest absolute Gasteiger partial charge is 0.416 e. The van der Waals surface area contributed by atoms with Gasteiger partial charge in [-0.25, -0.2) is 15.0 Å². The minimum Gasteiger partial charge on any atom is -0.309 e. The summed E-state index contributed by atoms with van der Waals surface area (Å²) in [5.74, 6) is 1.24. The number of fused-ring (bicyclic) bond motifs is 3. The molecule has 0 fully saturated rings. The van der Waals surface area contributed by atoms with Crippen molar-refractivity contribution in [1.82, 2.24) is 19.5 Å². The van der Waals surface area contributed by atoms with Crippen LogP contribution in [0.25, 0.3) is 95.0 Å². The first-order chi connectivity index (χ1) is 31.3. The average molecular weight is 855 g/mol. The van der Waals surface area contributed by atoms with Gasteiger partial charge in [-0.05, 0) is 134 Å². The molecule has 0 bridgehead atoms. The van der Waals surface area contributed by atoms with Gasteiger partial charge in [-0.15, -0.1) is 0 Å². The van der Waals surface area contributed by atoms with Crippen molar-refractivity contribution in [3.8, 4) is 73.2 Å². The van der Waals surface area contributed by atoms with Gasteiger partial charge in [0.25, 0.3) is 0 Å². The second kappa shape index (κ2) is 16.2. The molecule has 0 radical (unpaired) electrons. The van der Waals surface area contributed by atoms with Crippen LogP contribution >= 0.6 is 0 Å². The maximum absolute atomic E-state index is 14.3. The molecule has 0 amide bonds. The molecule has 0 aliphatic heterocycles. The fourth-order valence-corrected chi connectivity index (χ4v) is 9.78. The van der Waals surface area contributed by atoms with E-state index in [-0.39, 0.29) is 0 Å². The Labute approximate surface area is 376 Å². The van der Waals surface area contributed by atoms with E-state index >= 15 is 0 Å². The minimum absolute atomic E-state index is 0.339. The zero-order chi connectivity index (χ0) is 45.1. The summed E-state index contributed by atoms with van der Waals surface area (Å²) in [7, 11) is 0. The molecule has 7 heteroatoms. The van der Waals surface area contributed by atoms with Crippen molar-refractivity contribution in [2.45, 2.75) is 47.7 Å². The van der Waals surface area contributed by atoms with Crippen LogP contribution < -0.4 is 0 Å². The Morgan fingerprint density at radius 1 is 0.385 bits per heavy atom. The molecule has 318 valence electrons. The summed E-state index contributed by atoms with van der Waals surface area (Å²) in [5, 5.41) is 2.16. The SMILES string of the molecule is Cc1cc(C)c(-c2ccc3c4ccc(-c5c(C)cc(C)cc5C)cc4n(-c4ccc(-c5cccc(C(F)(F)F)c5)c(-c5nc(-c6ccccc6)nc(-c6ccccc6)n5)c4)c3c2)c(C)c1. The number of alkyl halides is 3. The molecule has 0 N–H and O–H groups in total. The maximum atomic E-state index is 14.3. The van der Waals surface area contributed by atoms with Crippen LogP contribution in [0.15, 0.2) is 164 Å². The molecule has 0 saturated heterocycles. The van der Waals surface area contributed by atoms with E-state index in [0.717, 1.165) is 55.8 Å². The number of nitrogens with zero attached hydrogens (tertiary/aromatic N) is 4. The predicted octanol–water partition coefficient (Wildman–Crippen LogP) is 15.8. The van der Waals surface area contributed by atoms with Gasteiger partial charge >= 0.3 is 6.18 Å². The van der Waals surface area contributed by atoms with Crippen LogP contribution in [0.4, 0.5) is 13.2 Å². The Morgan fingerprint density at radius 3 is 1.32 bits per heavy atom. The summed E-state index contributed by atoms with van der Waals surface area (Å²) >= 11 is 0. The van der Waals surface area contributed by atoms with Gasteiger partial charge in [0.05, 0.1) is 16.6 Å². The summed E-state index contributed by atoms with van der Waals surface area (Å²) in [4.78, 5) is 15.2. The van der Waals surface area contributed by atoms with Crippen molar-refractivity contribution in [2.24, 2.45) is 0 Å². The van der Waals surface area contributed by atoms with E-state index in [4.69, 9.17) is 15.0 Å². The topological polar surface area (TPSA) is 43.6 Å². The minimum atomic E-state index is -4.54. The highest BCUT2D eigenvalue weighted by molar-refractivity contribution is 6.11. The van der Waals surface area contributed by atoms with Crippen LogP contribution in [0.5, 0.6) is 0 Å². The summed E-state index contributed by atoms with van der Waals surface area (Å²) in [6.07, 6.45) is -4.54. The molecule has 8 aromatic carbocycles. The highest BCUT2D eigenvalue weighted by Crippen LogP contribution is 2.42. The molecule has 2 heterocycles. The predicted molar refractivity (Wildman–Crippen MR) is 260 cm³/mol. The summed E-state index contributed by atoms with van der Waals surface area (Å²) in [6.45, 7) is 12.9. The standard InChI is InChI=1S/C58H45F3N4/c1-34-26-36(3)53(37(4)27-34)43-20-23-48-49-24-21-44(54-38(5)28-35(2)29-39(54)6)32-52(49)65(51(48)31-43)46-22-25-47(42-18-13-19-45(30-42)58(59,60)61)50(33-46)57-63-55(40-14-9-7-10-15-40)62-56(64-57)41-16-11-8-12-17-41/h7-33H,1-6H3. The number of benzene rings is 8. The highest BCUT2D eigenvalue weighted by Gasteiger charge is 2.31. The van der Waals surface area contributed by atoms with E-state index in [0.29, 0.717) is 34.2 Å². The maximum Gasteiger partial charge on any atom is 0.416 e. The molecular formula is C58H45F3N4. The quantitative estimate of drug-likeness (QED) is 0.160. The van der Waals surface area contributed by atoms with Crippen molar-refractivity contribution >= 4 is 21.8 Å². The molecule has 0 aliphatic carbocycles. The van der Waals surface area contributed by atoms with E-state index in [1.807, 2.05) is 78.9 Å². The Kier molecular flexibility index (Phi) is 10.3. The fraction of sp³-hybridized carbons (Fsp3) is 0.121. The van der Waals surface area contributed by atoms with E-state index in [9.17, 15) is 13.2 Å². The third kappa shape index (κ3) is 7.67. The highest BCUT2D eigenvalue weighted by atomic mass is 19.4. The molecule has 0 unspecified atom stereocenters. The third-order valence-corrected chi connectivity index (χ3v) is 12.4. The Hall–Kier alpha value is -7.64. The van der Waals surface area contributed by atoms with Crippen molar-refractivity contribution in [2.75, 3.05) is 0 Å². The van der Waals surface area contributed by atoms with Gasteiger partial charge < -0.3 is 4.57 Å². The van der Waals surface area contributed by atoms with Crippen molar-refractivity contribution in [3.63, 3.8) is 0 Å². The lowest BCUT2D eigenvalue weighted by molar-refractivity contribution is -0.137. The van der Waals surface area contributed by atoms with Crippen LogP contribution in [0.3, 0.4) is 0 Å². The third-order valence-electron chi connectivity index (χ3n) is 12.4. The molecular weight excluding hydrogens is 810 g/mol. The van der Waals surface area contributed by atoms with Gasteiger partial charge in [-0.3, -0.25) is 0 Å². The van der Waals surface area contributed by atoms with Gasteiger partial charge in [-0.1, -0.05) is 139 Å². The van der Waals surface area contributed by atoms with Crippen LogP contribution in [0.1, 0.15) is 38.9 Å². The lowest BCUT2D eigenvalue weighted by atomic mass is 9.92. The van der Waals surface area contributed by atoms with Crippen molar-refractivity contribution in [3.05, 3.63) is 203 Å². The second-order valence-electron chi connectivity index (χ2n) is 17.2. The molecule has 65 heavy (non-hydrogen) atoms. The summed E-state index contributed by atoms with van der Waals surface area (Å²) in [6, 6.07) is 53.1. The zero-order valence-electron chi connectivity index (χ0n) is 37.0. The smallest absolute Gasteiger partial charge is 0.309 e. The van der Waals surface area contributed by atoms with Gasteiger partial charge in [0.2, 0.25) is 0 Å². The number of hydrogen-bond acceptors (Lipinski definition) is 3. The molecule has 2 aromatic heterocycles. The Bertz CT molecular complexity index is 3260. The first-order valence-corrected chi connectivity index (χ1v) is 21.7. The zero-order valence-corrected chi connectivity index (χ0v) is 37.0. The molecule has 10 aromatic rings. The number of hydrogen-bond donors (Lipinski definition) is 0. The number of halogens is 3. The van der Waals surface area contributed by atoms with Gasteiger partial charge in [0.15, 0.2) is 17.5 Å². The van der Waals surface area contributed by atoms with E-state index in [2.05, 4.69) is 107 Å². The first-order valence-electron chi connectivity index (χ1n) is 21.7. The van der Waals surface area contributed by atoms with E-state index in [1.54, 1.807) is 6.07 Å². The monoisotopic (exact) mass is 854 g/mol.